The Morgan fingerprint density at radius 1 is 0.949 bits per heavy atom. The molecule has 0 aliphatic carbocycles. The number of nitrogens with zero attached hydrogens (tertiary/aromatic N) is 3. The van der Waals surface area contributed by atoms with Crippen LogP contribution >= 0.6 is 23.2 Å². The quantitative estimate of drug-likeness (QED) is 0.194. The van der Waals surface area contributed by atoms with Gasteiger partial charge >= 0.3 is 0 Å². The minimum absolute atomic E-state index is 0.0669. The fourth-order valence-electron chi connectivity index (χ4n) is 4.26. The molecule has 1 amide bonds. The zero-order chi connectivity index (χ0) is 28.3. The van der Waals surface area contributed by atoms with Gasteiger partial charge in [-0.25, -0.2) is 13.8 Å². The molecule has 4 rings (SSSR count). The van der Waals surface area contributed by atoms with E-state index in [1.165, 1.54) is 24.4 Å². The first-order chi connectivity index (χ1) is 18.5. The third-order valence-electron chi connectivity index (χ3n) is 6.27. The maximum Gasteiger partial charge on any atom is 0.264 e. The Labute approximate surface area is 238 Å². The molecule has 0 bridgehead atoms. The number of hydrazone groups is 1. The second kappa shape index (κ2) is 11.7. The summed E-state index contributed by atoms with van der Waals surface area (Å²) in [5.41, 5.74) is 7.93. The van der Waals surface area contributed by atoms with Gasteiger partial charge in [-0.2, -0.15) is 5.10 Å². The van der Waals surface area contributed by atoms with Crippen LogP contribution < -0.4 is 9.73 Å². The number of hydrogen-bond donors (Lipinski definition) is 1. The molecule has 1 N–H and O–H groups in total. The van der Waals surface area contributed by atoms with Crippen LogP contribution in [0.25, 0.3) is 5.69 Å². The largest absolute Gasteiger partial charge is 0.318 e. The summed E-state index contributed by atoms with van der Waals surface area (Å²) in [6, 6.07) is 20.8. The first-order valence-electron chi connectivity index (χ1n) is 12.1. The summed E-state index contributed by atoms with van der Waals surface area (Å²) >= 11 is 12.4. The number of aryl methyl sites for hydroxylation is 3. The number of anilines is 1. The van der Waals surface area contributed by atoms with Crippen LogP contribution in [-0.4, -0.2) is 31.7 Å². The Balaban J connectivity index is 1.59. The number of halogens is 2. The predicted octanol–water partition coefficient (Wildman–Crippen LogP) is 6.36. The molecule has 3 aromatic carbocycles. The number of carbonyl (C=O) groups excluding carboxylic acids is 1. The molecule has 202 valence electrons. The molecule has 0 saturated heterocycles. The van der Waals surface area contributed by atoms with E-state index in [-0.39, 0.29) is 4.90 Å². The monoisotopic (exact) mass is 582 g/mol. The van der Waals surface area contributed by atoms with Crippen LogP contribution in [0.1, 0.15) is 28.1 Å². The van der Waals surface area contributed by atoms with Gasteiger partial charge in [0, 0.05) is 32.7 Å². The minimum atomic E-state index is -4.08. The molecule has 4 aromatic rings. The Kier molecular flexibility index (Phi) is 8.49. The number of carbonyl (C=O) groups is 1. The Hall–Kier alpha value is -3.59. The molecule has 0 atom stereocenters. The molecule has 0 unspecified atom stereocenters. The number of sulfonamides is 1. The molecule has 0 radical (unpaired) electrons. The molecule has 0 saturated carbocycles. The molecule has 0 spiro atoms. The summed E-state index contributed by atoms with van der Waals surface area (Å²) in [5, 5.41) is 5.09. The van der Waals surface area contributed by atoms with E-state index in [4.69, 9.17) is 23.2 Å². The first kappa shape index (κ1) is 28.4. The molecule has 7 nitrogen and oxygen atoms in total. The number of hydrogen-bond acceptors (Lipinski definition) is 4. The first-order valence-corrected chi connectivity index (χ1v) is 14.3. The van der Waals surface area contributed by atoms with Crippen molar-refractivity contribution in [1.82, 2.24) is 9.99 Å². The highest BCUT2D eigenvalue weighted by Crippen LogP contribution is 2.29. The second-order valence-electron chi connectivity index (χ2n) is 9.19. The van der Waals surface area contributed by atoms with Gasteiger partial charge in [0.2, 0.25) is 0 Å². The van der Waals surface area contributed by atoms with Crippen LogP contribution in [0.4, 0.5) is 5.69 Å². The van der Waals surface area contributed by atoms with Crippen molar-refractivity contribution in [1.29, 1.82) is 0 Å². The van der Waals surface area contributed by atoms with Crippen LogP contribution in [0.15, 0.2) is 82.8 Å². The molecular formula is C29H28Cl2N4O3S. The molecule has 0 aliphatic rings. The van der Waals surface area contributed by atoms with Gasteiger partial charge in [-0.3, -0.25) is 9.10 Å². The third kappa shape index (κ3) is 6.36. The zero-order valence-corrected chi connectivity index (χ0v) is 24.3. The average molecular weight is 584 g/mol. The number of aromatic nitrogens is 1. The predicted molar refractivity (Wildman–Crippen MR) is 158 cm³/mol. The Bertz CT molecular complexity index is 1660. The highest BCUT2D eigenvalue weighted by atomic mass is 35.5. The lowest BCUT2D eigenvalue weighted by atomic mass is 10.2. The van der Waals surface area contributed by atoms with Crippen molar-refractivity contribution in [3.8, 4) is 5.69 Å². The van der Waals surface area contributed by atoms with Crippen LogP contribution in [0.2, 0.25) is 10.0 Å². The smallest absolute Gasteiger partial charge is 0.264 e. The summed E-state index contributed by atoms with van der Waals surface area (Å²) in [6.45, 7) is 7.04. The van der Waals surface area contributed by atoms with Gasteiger partial charge < -0.3 is 4.57 Å². The number of rotatable bonds is 8. The second-order valence-corrected chi connectivity index (χ2v) is 11.9. The summed E-state index contributed by atoms with van der Waals surface area (Å²) in [5.74, 6) is -0.607. The lowest BCUT2D eigenvalue weighted by molar-refractivity contribution is -0.119. The van der Waals surface area contributed by atoms with Crippen molar-refractivity contribution >= 4 is 51.0 Å². The molecule has 10 heteroatoms. The van der Waals surface area contributed by atoms with Crippen molar-refractivity contribution in [2.75, 3.05) is 10.8 Å². The molecule has 39 heavy (non-hydrogen) atoms. The van der Waals surface area contributed by atoms with E-state index in [2.05, 4.69) is 10.5 Å². The zero-order valence-electron chi connectivity index (χ0n) is 21.9. The lowest BCUT2D eigenvalue weighted by Crippen LogP contribution is -2.40. The molecule has 0 aliphatic heterocycles. The Morgan fingerprint density at radius 3 is 2.33 bits per heavy atom. The highest BCUT2D eigenvalue weighted by molar-refractivity contribution is 7.92. The maximum atomic E-state index is 13.6. The SMILES string of the molecule is Cc1ccc(S(=O)(=O)N(CC(=O)N/N=C\c2cc(C)n(-c3cccc(Cl)c3)c2C)c2cc(Cl)ccc2C)cc1. The van der Waals surface area contributed by atoms with Gasteiger partial charge in [-0.05, 0) is 81.8 Å². The average Bonchev–Trinajstić information content (AvgIpc) is 3.17. The van der Waals surface area contributed by atoms with Gasteiger partial charge in [0.05, 0.1) is 16.8 Å². The van der Waals surface area contributed by atoms with Crippen LogP contribution in [0.5, 0.6) is 0 Å². The maximum absolute atomic E-state index is 13.6. The van der Waals surface area contributed by atoms with Crippen molar-refractivity contribution in [3.63, 3.8) is 0 Å². The fraction of sp³-hybridized carbons (Fsp3) is 0.172. The van der Waals surface area contributed by atoms with Crippen LogP contribution in [-0.2, 0) is 14.8 Å². The Morgan fingerprint density at radius 2 is 1.64 bits per heavy atom. The van der Waals surface area contributed by atoms with Crippen molar-refractivity contribution in [3.05, 3.63) is 111 Å². The number of nitrogens with one attached hydrogen (secondary N) is 1. The van der Waals surface area contributed by atoms with E-state index >= 15 is 0 Å². The third-order valence-corrected chi connectivity index (χ3v) is 8.51. The molecule has 0 fully saturated rings. The number of benzene rings is 3. The van der Waals surface area contributed by atoms with Crippen molar-refractivity contribution in [2.45, 2.75) is 32.6 Å². The minimum Gasteiger partial charge on any atom is -0.318 e. The van der Waals surface area contributed by atoms with Gasteiger partial charge in [0.15, 0.2) is 0 Å². The fourth-order valence-corrected chi connectivity index (χ4v) is 6.09. The molecular weight excluding hydrogens is 555 g/mol. The van der Waals surface area contributed by atoms with Gasteiger partial charge in [0.25, 0.3) is 15.9 Å². The summed E-state index contributed by atoms with van der Waals surface area (Å²) in [6.07, 6.45) is 1.53. The summed E-state index contributed by atoms with van der Waals surface area (Å²) < 4.78 is 30.4. The van der Waals surface area contributed by atoms with Crippen LogP contribution in [0.3, 0.4) is 0 Å². The normalized spacial score (nSPS) is 11.6. The van der Waals surface area contributed by atoms with Gasteiger partial charge in [-0.1, -0.05) is 53.0 Å². The highest BCUT2D eigenvalue weighted by Gasteiger charge is 2.28. The van der Waals surface area contributed by atoms with Crippen molar-refractivity contribution in [2.24, 2.45) is 5.10 Å². The van der Waals surface area contributed by atoms with Gasteiger partial charge in [0.1, 0.15) is 6.54 Å². The molecule has 1 heterocycles. The van der Waals surface area contributed by atoms with Gasteiger partial charge in [-0.15, -0.1) is 0 Å². The van der Waals surface area contributed by atoms with Crippen LogP contribution in [0, 0.1) is 27.7 Å². The summed E-state index contributed by atoms with van der Waals surface area (Å²) in [4.78, 5) is 13.0. The lowest BCUT2D eigenvalue weighted by Gasteiger charge is -2.25. The van der Waals surface area contributed by atoms with E-state index < -0.39 is 22.5 Å². The summed E-state index contributed by atoms with van der Waals surface area (Å²) in [7, 11) is -4.08. The van der Waals surface area contributed by atoms with E-state index in [1.807, 2.05) is 55.7 Å². The molecule has 1 aromatic heterocycles. The van der Waals surface area contributed by atoms with E-state index in [0.717, 1.165) is 32.5 Å². The van der Waals surface area contributed by atoms with E-state index in [9.17, 15) is 13.2 Å². The topological polar surface area (TPSA) is 83.8 Å². The van der Waals surface area contributed by atoms with E-state index in [0.29, 0.717) is 21.3 Å². The van der Waals surface area contributed by atoms with E-state index in [1.54, 1.807) is 31.2 Å². The van der Waals surface area contributed by atoms with Crippen molar-refractivity contribution < 1.29 is 13.2 Å². The standard InChI is InChI=1S/C29H28Cl2N4O3S/c1-19-8-12-27(13-9-19)39(37,38)34(28-16-25(31)11-10-20(28)2)18-29(36)33-32-17-23-14-21(3)35(22(23)4)26-7-5-6-24(30)15-26/h5-17H,18H2,1-4H3,(H,33,36)/b32-17-. The number of amides is 1.